The Bertz CT molecular complexity index is 1030. The summed E-state index contributed by atoms with van der Waals surface area (Å²) in [5.41, 5.74) is 0.530. The minimum absolute atomic E-state index is 0.00726. The number of fused-ring (bicyclic) bond motifs is 1. The Balaban J connectivity index is 1.55. The van der Waals surface area contributed by atoms with E-state index in [1.165, 1.54) is 25.3 Å². The Kier molecular flexibility index (Phi) is 4.78. The number of furan rings is 1. The predicted molar refractivity (Wildman–Crippen MR) is 99.1 cm³/mol. The van der Waals surface area contributed by atoms with Crippen LogP contribution in [-0.2, 0) is 16.1 Å². The Morgan fingerprint density at radius 3 is 2.79 bits per heavy atom. The number of methoxy groups -OCH3 is 1. The normalized spacial score (nSPS) is 16.9. The highest BCUT2D eigenvalue weighted by molar-refractivity contribution is 8.18. The summed E-state index contributed by atoms with van der Waals surface area (Å²) in [4.78, 5) is 37.6. The van der Waals surface area contributed by atoms with Crippen molar-refractivity contribution < 1.29 is 33.0 Å². The highest BCUT2D eigenvalue weighted by atomic mass is 35.5. The third-order valence-corrected chi connectivity index (χ3v) is 5.25. The van der Waals surface area contributed by atoms with Crippen LogP contribution in [0.25, 0.3) is 6.08 Å². The van der Waals surface area contributed by atoms with Crippen molar-refractivity contribution in [1.29, 1.82) is 0 Å². The van der Waals surface area contributed by atoms with E-state index in [9.17, 15) is 14.4 Å². The summed E-state index contributed by atoms with van der Waals surface area (Å²) in [6.45, 7) is -0.00376. The maximum absolute atomic E-state index is 12.7. The molecule has 3 heterocycles. The fraction of sp³-hybridized carbons (Fsp3) is 0.167. The van der Waals surface area contributed by atoms with Crippen molar-refractivity contribution in [1.82, 2.24) is 4.90 Å². The Labute approximate surface area is 168 Å². The van der Waals surface area contributed by atoms with Crippen LogP contribution in [0.15, 0.2) is 33.6 Å². The Morgan fingerprint density at radius 1 is 1.29 bits per heavy atom. The average molecular weight is 422 g/mol. The van der Waals surface area contributed by atoms with Crippen molar-refractivity contribution in [3.05, 3.63) is 51.3 Å². The number of imide groups is 1. The highest BCUT2D eigenvalue weighted by Crippen LogP contribution is 2.40. The topological polar surface area (TPSA) is 95.3 Å². The van der Waals surface area contributed by atoms with Crippen molar-refractivity contribution in [2.45, 2.75) is 6.54 Å². The highest BCUT2D eigenvalue weighted by Gasteiger charge is 2.36. The minimum atomic E-state index is -0.641. The largest absolute Gasteiger partial charge is 0.463 e. The fourth-order valence-corrected chi connectivity index (χ4v) is 3.69. The number of hydrogen-bond acceptors (Lipinski definition) is 8. The van der Waals surface area contributed by atoms with Crippen LogP contribution in [-0.4, -0.2) is 35.9 Å². The van der Waals surface area contributed by atoms with Crippen molar-refractivity contribution in [3.8, 4) is 11.5 Å². The molecule has 0 spiro atoms. The summed E-state index contributed by atoms with van der Waals surface area (Å²) >= 11 is 7.01. The standard InChI is InChI=1S/C18H12ClNO7S/c1-24-17(22)12-3-2-10(27-12)7-20-16(21)15(28-18(20)23)5-9-4-13-14(6-11(9)19)26-8-25-13/h2-6H,7-8H2,1H3/b15-5+. The van der Waals surface area contributed by atoms with Crippen LogP contribution in [0.3, 0.4) is 0 Å². The van der Waals surface area contributed by atoms with E-state index in [-0.39, 0.29) is 29.8 Å². The SMILES string of the molecule is COC(=O)c1ccc(CN2C(=O)S/C(=C/c3cc4c(cc3Cl)OCO4)C2=O)o1. The molecule has 10 heteroatoms. The number of halogens is 1. The second-order valence-electron chi connectivity index (χ2n) is 5.75. The van der Waals surface area contributed by atoms with Gasteiger partial charge in [0.1, 0.15) is 5.76 Å². The van der Waals surface area contributed by atoms with E-state index in [2.05, 4.69) is 4.74 Å². The Morgan fingerprint density at radius 2 is 2.04 bits per heavy atom. The maximum Gasteiger partial charge on any atom is 0.373 e. The van der Waals surface area contributed by atoms with E-state index >= 15 is 0 Å². The number of thioether (sulfide) groups is 1. The first-order valence-electron chi connectivity index (χ1n) is 7.98. The van der Waals surface area contributed by atoms with Crippen LogP contribution < -0.4 is 9.47 Å². The van der Waals surface area contributed by atoms with Crippen LogP contribution in [0.4, 0.5) is 4.79 Å². The Hall–Kier alpha value is -2.91. The molecule has 28 heavy (non-hydrogen) atoms. The second kappa shape index (κ2) is 7.25. The van der Waals surface area contributed by atoms with Crippen LogP contribution in [0, 0.1) is 0 Å². The maximum atomic E-state index is 12.7. The number of carbonyl (C=O) groups excluding carboxylic acids is 3. The fourth-order valence-electron chi connectivity index (χ4n) is 2.65. The number of benzene rings is 1. The first kappa shape index (κ1) is 18.5. The van der Waals surface area contributed by atoms with Gasteiger partial charge in [0.25, 0.3) is 11.1 Å². The smallest absolute Gasteiger partial charge is 0.373 e. The number of nitrogens with zero attached hydrogens (tertiary/aromatic N) is 1. The molecule has 1 fully saturated rings. The molecule has 0 bridgehead atoms. The molecule has 2 aliphatic rings. The van der Waals surface area contributed by atoms with Crippen molar-refractivity contribution in [2.24, 2.45) is 0 Å². The van der Waals surface area contributed by atoms with Gasteiger partial charge in [-0.1, -0.05) is 11.6 Å². The molecule has 1 saturated heterocycles. The zero-order chi connectivity index (χ0) is 19.8. The lowest BCUT2D eigenvalue weighted by Crippen LogP contribution is -2.27. The van der Waals surface area contributed by atoms with Gasteiger partial charge in [0.15, 0.2) is 11.5 Å². The van der Waals surface area contributed by atoms with Crippen LogP contribution in [0.2, 0.25) is 5.02 Å². The molecule has 0 aliphatic carbocycles. The number of amides is 2. The molecule has 0 unspecified atom stereocenters. The average Bonchev–Trinajstić information content (AvgIpc) is 3.38. The van der Waals surface area contributed by atoms with Gasteiger partial charge < -0.3 is 18.6 Å². The summed E-state index contributed by atoms with van der Waals surface area (Å²) in [6, 6.07) is 6.17. The van der Waals surface area contributed by atoms with Crippen molar-refractivity contribution in [3.63, 3.8) is 0 Å². The molecule has 2 amide bonds. The monoisotopic (exact) mass is 421 g/mol. The van der Waals surface area contributed by atoms with E-state index in [0.29, 0.717) is 22.1 Å². The molecule has 0 radical (unpaired) electrons. The van der Waals surface area contributed by atoms with E-state index in [0.717, 1.165) is 16.7 Å². The number of carbonyl (C=O) groups is 3. The quantitative estimate of drug-likeness (QED) is 0.545. The number of ether oxygens (including phenoxy) is 3. The predicted octanol–water partition coefficient (Wildman–Crippen LogP) is 3.68. The molecule has 2 aliphatic heterocycles. The van der Waals surface area contributed by atoms with Gasteiger partial charge in [-0.2, -0.15) is 0 Å². The summed E-state index contributed by atoms with van der Waals surface area (Å²) in [5, 5.41) is -0.0889. The summed E-state index contributed by atoms with van der Waals surface area (Å²) in [7, 11) is 1.23. The van der Waals surface area contributed by atoms with Gasteiger partial charge in [0.05, 0.1) is 23.6 Å². The van der Waals surface area contributed by atoms with E-state index in [1.807, 2.05) is 0 Å². The lowest BCUT2D eigenvalue weighted by molar-refractivity contribution is -0.123. The van der Waals surface area contributed by atoms with E-state index < -0.39 is 17.1 Å². The van der Waals surface area contributed by atoms with Gasteiger partial charge in [-0.15, -0.1) is 0 Å². The van der Waals surface area contributed by atoms with Gasteiger partial charge >= 0.3 is 5.97 Å². The molecular weight excluding hydrogens is 410 g/mol. The van der Waals surface area contributed by atoms with Crippen molar-refractivity contribution in [2.75, 3.05) is 13.9 Å². The molecule has 144 valence electrons. The molecule has 8 nitrogen and oxygen atoms in total. The lowest BCUT2D eigenvalue weighted by Gasteiger charge is -2.10. The molecular formula is C18H12ClNO7S. The zero-order valence-corrected chi connectivity index (χ0v) is 16.0. The van der Waals surface area contributed by atoms with Crippen LogP contribution >= 0.6 is 23.4 Å². The second-order valence-corrected chi connectivity index (χ2v) is 7.15. The molecule has 1 aromatic heterocycles. The number of rotatable bonds is 4. The van der Waals surface area contributed by atoms with Crippen LogP contribution in [0.5, 0.6) is 11.5 Å². The van der Waals surface area contributed by atoms with Crippen molar-refractivity contribution >= 4 is 46.6 Å². The lowest BCUT2D eigenvalue weighted by atomic mass is 10.2. The van der Waals surface area contributed by atoms with Gasteiger partial charge in [0, 0.05) is 6.07 Å². The van der Waals surface area contributed by atoms with Gasteiger partial charge in [-0.05, 0) is 41.6 Å². The number of hydrogen-bond donors (Lipinski definition) is 0. The van der Waals surface area contributed by atoms with E-state index in [4.69, 9.17) is 25.5 Å². The summed E-state index contributed by atoms with van der Waals surface area (Å²) in [5.74, 6) is 0.185. The summed E-state index contributed by atoms with van der Waals surface area (Å²) < 4.78 is 20.4. The van der Waals surface area contributed by atoms with Gasteiger partial charge in [-0.25, -0.2) is 4.79 Å². The molecule has 2 aromatic rings. The first-order chi connectivity index (χ1) is 13.5. The first-order valence-corrected chi connectivity index (χ1v) is 9.17. The van der Waals surface area contributed by atoms with Crippen LogP contribution in [0.1, 0.15) is 21.9 Å². The zero-order valence-electron chi connectivity index (χ0n) is 14.4. The third kappa shape index (κ3) is 3.34. The molecule has 0 atom stereocenters. The van der Waals surface area contributed by atoms with E-state index in [1.54, 1.807) is 12.1 Å². The number of esters is 1. The summed E-state index contributed by atoms with van der Waals surface area (Å²) in [6.07, 6.45) is 1.53. The molecule has 0 N–H and O–H groups in total. The van der Waals surface area contributed by atoms with Gasteiger partial charge in [0.2, 0.25) is 12.6 Å². The molecule has 4 rings (SSSR count). The third-order valence-electron chi connectivity index (χ3n) is 4.01. The molecule has 1 aromatic carbocycles. The minimum Gasteiger partial charge on any atom is -0.463 e. The molecule has 0 saturated carbocycles. The van der Waals surface area contributed by atoms with Gasteiger partial charge in [-0.3, -0.25) is 14.5 Å².